The minimum absolute atomic E-state index is 0.196. The number of fused-ring (bicyclic) bond motifs is 1. The Morgan fingerprint density at radius 3 is 2.77 bits per heavy atom. The van der Waals surface area contributed by atoms with Gasteiger partial charge in [-0.2, -0.15) is 0 Å². The van der Waals surface area contributed by atoms with Gasteiger partial charge in [0.05, 0.1) is 12.3 Å². The van der Waals surface area contributed by atoms with Gasteiger partial charge in [0, 0.05) is 45.3 Å². The van der Waals surface area contributed by atoms with Crippen molar-refractivity contribution in [2.45, 2.75) is 13.0 Å². The van der Waals surface area contributed by atoms with Gasteiger partial charge in [-0.3, -0.25) is 4.99 Å². The average molecular weight is 414 g/mol. The maximum atomic E-state index is 13.9. The summed E-state index contributed by atoms with van der Waals surface area (Å²) >= 11 is 0. The molecular weight excluding hydrogens is 387 g/mol. The Morgan fingerprint density at radius 2 is 2.00 bits per heavy atom. The van der Waals surface area contributed by atoms with Crippen molar-refractivity contribution in [3.63, 3.8) is 0 Å². The lowest BCUT2D eigenvalue weighted by Crippen LogP contribution is -2.52. The molecule has 2 aromatic rings. The zero-order valence-corrected chi connectivity index (χ0v) is 17.1. The fraction of sp³-hybridized carbons (Fsp3) is 0.409. The highest BCUT2D eigenvalue weighted by molar-refractivity contribution is 5.80. The highest BCUT2D eigenvalue weighted by Crippen LogP contribution is 2.30. The number of benzene rings is 2. The molecule has 2 aliphatic rings. The number of anilines is 1. The molecule has 4 rings (SSSR count). The average Bonchev–Trinajstić information content (AvgIpc) is 2.77. The number of piperazine rings is 1. The summed E-state index contributed by atoms with van der Waals surface area (Å²) in [6.45, 7) is 4.37. The number of nitrogens with zero attached hydrogens (tertiary/aromatic N) is 3. The minimum Gasteiger partial charge on any atom is -0.506 e. The Kier molecular flexibility index (Phi) is 6.23. The predicted octanol–water partition coefficient (Wildman–Crippen LogP) is 2.34. The molecule has 2 aliphatic heterocycles. The number of rotatable bonds is 4. The van der Waals surface area contributed by atoms with Gasteiger partial charge in [-0.1, -0.05) is 12.1 Å². The van der Waals surface area contributed by atoms with E-state index in [9.17, 15) is 9.50 Å². The second kappa shape index (κ2) is 9.21. The van der Waals surface area contributed by atoms with Crippen molar-refractivity contribution in [3.05, 3.63) is 53.3 Å². The third-order valence-electron chi connectivity index (χ3n) is 5.44. The van der Waals surface area contributed by atoms with Crippen LogP contribution in [0.4, 0.5) is 10.1 Å². The number of aromatic hydroxyl groups is 1. The van der Waals surface area contributed by atoms with E-state index in [0.717, 1.165) is 54.7 Å². The monoisotopic (exact) mass is 414 g/mol. The molecule has 1 saturated heterocycles. The first-order valence-electron chi connectivity index (χ1n) is 10.2. The number of phenols is 1. The molecule has 0 aromatic heterocycles. The molecule has 30 heavy (non-hydrogen) atoms. The van der Waals surface area contributed by atoms with Crippen molar-refractivity contribution >= 4 is 11.6 Å². The summed E-state index contributed by atoms with van der Waals surface area (Å²) in [5, 5.41) is 13.5. The summed E-state index contributed by atoms with van der Waals surface area (Å²) in [5.74, 6) is 1.58. The van der Waals surface area contributed by atoms with Crippen LogP contribution in [-0.4, -0.2) is 62.5 Å². The van der Waals surface area contributed by atoms with Crippen molar-refractivity contribution < 1.29 is 19.0 Å². The molecule has 0 aliphatic carbocycles. The van der Waals surface area contributed by atoms with Crippen LogP contribution in [0.1, 0.15) is 11.1 Å². The number of aliphatic imine (C=N–C) groups is 1. The SMILES string of the molecule is CN=C(NCCc1cc(F)cc2c1OCOC2)N1CCN(c2ccccc2O)CC1. The molecule has 2 heterocycles. The predicted molar refractivity (Wildman–Crippen MR) is 114 cm³/mol. The van der Waals surface area contributed by atoms with Crippen LogP contribution in [0.5, 0.6) is 11.5 Å². The van der Waals surface area contributed by atoms with Gasteiger partial charge in [-0.25, -0.2) is 4.39 Å². The fourth-order valence-corrected chi connectivity index (χ4v) is 3.97. The van der Waals surface area contributed by atoms with Crippen LogP contribution in [0.15, 0.2) is 41.4 Å². The molecule has 2 aromatic carbocycles. The zero-order chi connectivity index (χ0) is 20.9. The highest BCUT2D eigenvalue weighted by atomic mass is 19.1. The number of hydrogen-bond donors (Lipinski definition) is 2. The lowest BCUT2D eigenvalue weighted by molar-refractivity contribution is -0.0172. The van der Waals surface area contributed by atoms with E-state index in [-0.39, 0.29) is 12.6 Å². The Labute approximate surface area is 175 Å². The van der Waals surface area contributed by atoms with Crippen LogP contribution in [0.25, 0.3) is 0 Å². The topological polar surface area (TPSA) is 69.6 Å². The fourth-order valence-electron chi connectivity index (χ4n) is 3.97. The van der Waals surface area contributed by atoms with E-state index in [1.54, 1.807) is 13.1 Å². The number of phenolic OH excluding ortho intramolecular Hbond substituents is 1. The standard InChI is InChI=1S/C22H27FN4O3/c1-24-22(27-10-8-26(9-11-27)19-4-2-3-5-20(19)28)25-7-6-16-12-18(23)13-17-14-29-15-30-21(16)17/h2-5,12-13,28H,6-11,14-15H2,1H3,(H,24,25). The number of para-hydroxylation sites is 2. The second-order valence-corrected chi connectivity index (χ2v) is 7.35. The van der Waals surface area contributed by atoms with Crippen LogP contribution in [0.3, 0.4) is 0 Å². The van der Waals surface area contributed by atoms with Crippen LogP contribution < -0.4 is 15.0 Å². The molecule has 0 bridgehead atoms. The lowest BCUT2D eigenvalue weighted by Gasteiger charge is -2.37. The van der Waals surface area contributed by atoms with Crippen LogP contribution >= 0.6 is 0 Å². The molecule has 0 saturated carbocycles. The lowest BCUT2D eigenvalue weighted by atomic mass is 10.1. The van der Waals surface area contributed by atoms with E-state index in [1.165, 1.54) is 12.1 Å². The number of guanidine groups is 1. The summed E-state index contributed by atoms with van der Waals surface area (Å²) in [5.41, 5.74) is 2.45. The molecule has 7 nitrogen and oxygen atoms in total. The zero-order valence-electron chi connectivity index (χ0n) is 17.1. The van der Waals surface area contributed by atoms with Crippen molar-refractivity contribution in [1.82, 2.24) is 10.2 Å². The van der Waals surface area contributed by atoms with Crippen molar-refractivity contribution in [2.75, 3.05) is 51.5 Å². The van der Waals surface area contributed by atoms with Crippen molar-refractivity contribution in [1.29, 1.82) is 0 Å². The summed E-state index contributed by atoms with van der Waals surface area (Å²) in [7, 11) is 1.77. The highest BCUT2D eigenvalue weighted by Gasteiger charge is 2.22. The van der Waals surface area contributed by atoms with E-state index in [4.69, 9.17) is 9.47 Å². The number of hydrogen-bond acceptors (Lipinski definition) is 5. The largest absolute Gasteiger partial charge is 0.506 e. The number of halogens is 1. The first-order chi connectivity index (χ1) is 14.7. The molecule has 1 fully saturated rings. The van der Waals surface area contributed by atoms with Crippen LogP contribution in [0.2, 0.25) is 0 Å². The molecule has 0 amide bonds. The first-order valence-corrected chi connectivity index (χ1v) is 10.2. The van der Waals surface area contributed by atoms with E-state index in [1.807, 2.05) is 18.2 Å². The van der Waals surface area contributed by atoms with Crippen molar-refractivity contribution in [3.8, 4) is 11.5 Å². The maximum Gasteiger partial charge on any atom is 0.193 e. The maximum absolute atomic E-state index is 13.9. The van der Waals surface area contributed by atoms with Gasteiger partial charge in [0.25, 0.3) is 0 Å². The van der Waals surface area contributed by atoms with Gasteiger partial charge in [0.1, 0.15) is 17.3 Å². The summed E-state index contributed by atoms with van der Waals surface area (Å²) < 4.78 is 24.8. The van der Waals surface area contributed by atoms with E-state index >= 15 is 0 Å². The molecule has 160 valence electrons. The third-order valence-corrected chi connectivity index (χ3v) is 5.44. The molecule has 2 N–H and O–H groups in total. The molecule has 0 radical (unpaired) electrons. The second-order valence-electron chi connectivity index (χ2n) is 7.35. The van der Waals surface area contributed by atoms with Crippen LogP contribution in [-0.2, 0) is 17.8 Å². The molecular formula is C22H27FN4O3. The summed E-state index contributed by atoms with van der Waals surface area (Å²) in [6, 6.07) is 10.4. The van der Waals surface area contributed by atoms with E-state index in [0.29, 0.717) is 25.3 Å². The Morgan fingerprint density at radius 1 is 1.20 bits per heavy atom. The minimum atomic E-state index is -0.275. The quantitative estimate of drug-likeness (QED) is 0.591. The van der Waals surface area contributed by atoms with Gasteiger partial charge >= 0.3 is 0 Å². The Balaban J connectivity index is 1.32. The van der Waals surface area contributed by atoms with Crippen molar-refractivity contribution in [2.24, 2.45) is 4.99 Å². The summed E-state index contributed by atoms with van der Waals surface area (Å²) in [4.78, 5) is 8.78. The van der Waals surface area contributed by atoms with Crippen LogP contribution in [0, 0.1) is 5.82 Å². The summed E-state index contributed by atoms with van der Waals surface area (Å²) in [6.07, 6.45) is 0.622. The van der Waals surface area contributed by atoms with E-state index < -0.39 is 0 Å². The molecule has 0 spiro atoms. The van der Waals surface area contributed by atoms with Gasteiger partial charge in [-0.05, 0) is 36.2 Å². The Hall–Kier alpha value is -3.00. The third kappa shape index (κ3) is 4.43. The van der Waals surface area contributed by atoms with Gasteiger partial charge < -0.3 is 29.7 Å². The molecule has 0 atom stereocenters. The van der Waals surface area contributed by atoms with Gasteiger partial charge in [-0.15, -0.1) is 0 Å². The normalized spacial score (nSPS) is 16.8. The molecule has 8 heteroatoms. The Bertz CT molecular complexity index is 913. The molecule has 0 unspecified atom stereocenters. The van der Waals surface area contributed by atoms with E-state index in [2.05, 4.69) is 20.1 Å². The first kappa shape index (κ1) is 20.3. The number of nitrogens with one attached hydrogen (secondary N) is 1. The number of ether oxygens (including phenoxy) is 2. The smallest absolute Gasteiger partial charge is 0.193 e. The van der Waals surface area contributed by atoms with Gasteiger partial charge in [0.15, 0.2) is 12.8 Å². The van der Waals surface area contributed by atoms with Gasteiger partial charge in [0.2, 0.25) is 0 Å².